The van der Waals surface area contributed by atoms with Gasteiger partial charge in [-0.3, -0.25) is 0 Å². The number of carbonyl (C=O) groups excluding carboxylic acids is 3. The zero-order valence-electron chi connectivity index (χ0n) is 17.4. The van der Waals surface area contributed by atoms with Crippen molar-refractivity contribution < 1.29 is 43.2 Å². The second-order valence-electron chi connectivity index (χ2n) is 5.10. The summed E-state index contributed by atoms with van der Waals surface area (Å²) in [6, 6.07) is 0. The predicted molar refractivity (Wildman–Crippen MR) is 107 cm³/mol. The first-order chi connectivity index (χ1) is 13.5. The Morgan fingerprint density at radius 3 is 1.66 bits per heavy atom. The summed E-state index contributed by atoms with van der Waals surface area (Å²) < 4.78 is 18.3. The molecule has 9 heteroatoms. The molecule has 1 aliphatic rings. The first-order valence-electron chi connectivity index (χ1n) is 8.29. The van der Waals surface area contributed by atoms with Gasteiger partial charge in [-0.15, -0.1) is 0 Å². The van der Waals surface area contributed by atoms with E-state index in [9.17, 15) is 19.2 Å². The summed E-state index contributed by atoms with van der Waals surface area (Å²) in [5, 5.41) is 7.60. The number of epoxide rings is 1. The van der Waals surface area contributed by atoms with Gasteiger partial charge in [-0.25, -0.2) is 19.2 Å². The van der Waals surface area contributed by atoms with Crippen LogP contribution in [0.1, 0.15) is 20.8 Å². The lowest BCUT2D eigenvalue weighted by atomic mass is 10.4. The Hall–Kier alpha value is -3.20. The van der Waals surface area contributed by atoms with Gasteiger partial charge in [0.05, 0.1) is 20.3 Å². The maximum absolute atomic E-state index is 10.7. The highest BCUT2D eigenvalue weighted by Crippen LogP contribution is 2.09. The van der Waals surface area contributed by atoms with Crippen LogP contribution in [-0.2, 0) is 38.1 Å². The fourth-order valence-corrected chi connectivity index (χ4v) is 0.832. The van der Waals surface area contributed by atoms with Gasteiger partial charge >= 0.3 is 23.9 Å². The van der Waals surface area contributed by atoms with Crippen LogP contribution in [0.5, 0.6) is 0 Å². The first-order valence-corrected chi connectivity index (χ1v) is 8.29. The van der Waals surface area contributed by atoms with Crippen LogP contribution in [0.4, 0.5) is 0 Å². The number of methoxy groups -OCH3 is 1. The molecular weight excluding hydrogens is 384 g/mol. The van der Waals surface area contributed by atoms with E-state index >= 15 is 0 Å². The zero-order valence-corrected chi connectivity index (χ0v) is 17.4. The van der Waals surface area contributed by atoms with Gasteiger partial charge in [-0.05, 0) is 20.8 Å². The van der Waals surface area contributed by atoms with Crippen molar-refractivity contribution in [3.05, 3.63) is 49.6 Å². The maximum Gasteiger partial charge on any atom is 0.333 e. The molecule has 1 aliphatic heterocycles. The highest BCUT2D eigenvalue weighted by Gasteiger charge is 2.24. The number of ether oxygens (including phenoxy) is 4. The second-order valence-corrected chi connectivity index (χ2v) is 5.10. The molecule has 9 nitrogen and oxygen atoms in total. The molecule has 1 fully saturated rings. The van der Waals surface area contributed by atoms with Crippen molar-refractivity contribution in [1.82, 2.24) is 0 Å². The van der Waals surface area contributed by atoms with E-state index in [0.29, 0.717) is 31.0 Å². The van der Waals surface area contributed by atoms with Crippen LogP contribution in [0.25, 0.3) is 0 Å². The van der Waals surface area contributed by atoms with E-state index in [0.717, 1.165) is 12.2 Å². The van der Waals surface area contributed by atoms with E-state index in [2.05, 4.69) is 35.8 Å². The van der Waals surface area contributed by atoms with Crippen molar-refractivity contribution in [3.63, 3.8) is 0 Å². The summed E-state index contributed by atoms with van der Waals surface area (Å²) in [4.78, 5) is 40.2. The van der Waals surface area contributed by atoms with Gasteiger partial charge in [0.1, 0.15) is 12.7 Å². The predicted octanol–water partition coefficient (Wildman–Crippen LogP) is 2.23. The molecule has 0 aromatic rings. The third-order valence-corrected chi connectivity index (χ3v) is 2.31. The van der Waals surface area contributed by atoms with Crippen molar-refractivity contribution in [1.29, 1.82) is 0 Å². The first kappa shape index (κ1) is 30.5. The Morgan fingerprint density at radius 1 is 1.03 bits per heavy atom. The van der Waals surface area contributed by atoms with E-state index < -0.39 is 5.97 Å². The molecule has 0 aromatic heterocycles. The third-order valence-electron chi connectivity index (χ3n) is 2.31. The van der Waals surface area contributed by atoms with Gasteiger partial charge in [-0.2, -0.15) is 0 Å². The van der Waals surface area contributed by atoms with Gasteiger partial charge in [0, 0.05) is 23.3 Å². The van der Waals surface area contributed by atoms with Gasteiger partial charge in [-0.1, -0.05) is 26.3 Å². The molecule has 0 aromatic carbocycles. The Balaban J connectivity index is -0.000000322. The number of carboxylic acids is 1. The Morgan fingerprint density at radius 2 is 1.48 bits per heavy atom. The number of carboxylic acid groups (broad SMARTS) is 1. The quantitative estimate of drug-likeness (QED) is 0.288. The van der Waals surface area contributed by atoms with Crippen LogP contribution in [0.2, 0.25) is 0 Å². The zero-order chi connectivity index (χ0) is 23.4. The Kier molecular flexibility index (Phi) is 20.6. The molecule has 1 unspecified atom stereocenters. The molecule has 164 valence electrons. The van der Waals surface area contributed by atoms with Crippen molar-refractivity contribution in [2.75, 3.05) is 26.9 Å². The van der Waals surface area contributed by atoms with E-state index in [1.807, 2.05) is 0 Å². The SMILES string of the molecule is C=C(C)C(=O)OC.C=C(C)C(=O)OCC1CO1.C=CC(=O)O.C=CC(=O)OCC. The van der Waals surface area contributed by atoms with Crippen LogP contribution in [-0.4, -0.2) is 62.0 Å². The summed E-state index contributed by atoms with van der Waals surface area (Å²) in [7, 11) is 1.33. The number of esters is 3. The molecule has 29 heavy (non-hydrogen) atoms. The monoisotopic (exact) mass is 414 g/mol. The van der Waals surface area contributed by atoms with Gasteiger partial charge in [0.15, 0.2) is 0 Å². The van der Waals surface area contributed by atoms with Gasteiger partial charge < -0.3 is 24.1 Å². The van der Waals surface area contributed by atoms with E-state index in [-0.39, 0.29) is 24.0 Å². The van der Waals surface area contributed by atoms with E-state index in [1.165, 1.54) is 7.11 Å². The Labute approximate surface area is 171 Å². The third kappa shape index (κ3) is 27.1. The number of aliphatic carboxylic acids is 1. The lowest BCUT2D eigenvalue weighted by molar-refractivity contribution is -0.139. The van der Waals surface area contributed by atoms with Crippen molar-refractivity contribution in [3.8, 4) is 0 Å². The minimum atomic E-state index is -0.981. The highest BCUT2D eigenvalue weighted by molar-refractivity contribution is 5.87. The fourth-order valence-electron chi connectivity index (χ4n) is 0.832. The molecule has 0 saturated carbocycles. The van der Waals surface area contributed by atoms with Crippen molar-refractivity contribution >= 4 is 23.9 Å². The van der Waals surface area contributed by atoms with E-state index in [1.54, 1.807) is 20.8 Å². The number of carbonyl (C=O) groups is 4. The summed E-state index contributed by atoms with van der Waals surface area (Å²) in [5.74, 6) is -2.02. The van der Waals surface area contributed by atoms with Gasteiger partial charge in [0.25, 0.3) is 0 Å². The highest BCUT2D eigenvalue weighted by atomic mass is 16.6. The fraction of sp³-hybridized carbons (Fsp3) is 0.400. The summed E-state index contributed by atoms with van der Waals surface area (Å²) >= 11 is 0. The standard InChI is InChI=1S/C7H10O3.2C5H8O2.C3H4O2/c1-5(2)7(8)10-4-6-3-9-6;1-4(2)5(6)7-3;1-3-5(6)7-4-2;1-2-3(4)5/h6H,1,3-4H2,2H3;1H2,2-3H3;3H,1,4H2,2H3;2H,1H2,(H,4,5). The van der Waals surface area contributed by atoms with Crippen LogP contribution in [0.15, 0.2) is 49.6 Å². The second kappa shape index (κ2) is 19.6. The smallest absolute Gasteiger partial charge is 0.333 e. The summed E-state index contributed by atoms with van der Waals surface area (Å²) in [6.45, 7) is 19.4. The van der Waals surface area contributed by atoms with Crippen molar-refractivity contribution in [2.24, 2.45) is 0 Å². The van der Waals surface area contributed by atoms with E-state index in [4.69, 9.17) is 14.6 Å². The minimum absolute atomic E-state index is 0.142. The average Bonchev–Trinajstić information content (AvgIpc) is 3.51. The largest absolute Gasteiger partial charge is 0.478 e. The molecule has 0 amide bonds. The molecule has 0 radical (unpaired) electrons. The molecule has 1 heterocycles. The molecule has 1 N–H and O–H groups in total. The van der Waals surface area contributed by atoms with Gasteiger partial charge in [0.2, 0.25) is 0 Å². The minimum Gasteiger partial charge on any atom is -0.478 e. The molecule has 1 atom stereocenters. The van der Waals surface area contributed by atoms with Crippen LogP contribution >= 0.6 is 0 Å². The average molecular weight is 414 g/mol. The summed E-state index contributed by atoms with van der Waals surface area (Å²) in [5.41, 5.74) is 0.864. The molecule has 0 aliphatic carbocycles. The Bertz CT molecular complexity index is 585. The molecule has 0 bridgehead atoms. The maximum atomic E-state index is 10.7. The molecular formula is C20H30O9. The lowest BCUT2D eigenvalue weighted by Gasteiger charge is -1.99. The topological polar surface area (TPSA) is 129 Å². The van der Waals surface area contributed by atoms with Crippen LogP contribution < -0.4 is 0 Å². The number of rotatable bonds is 7. The lowest BCUT2D eigenvalue weighted by Crippen LogP contribution is -2.09. The molecule has 0 spiro atoms. The number of hydrogen-bond acceptors (Lipinski definition) is 8. The number of hydrogen-bond donors (Lipinski definition) is 1. The van der Waals surface area contributed by atoms with Crippen LogP contribution in [0, 0.1) is 0 Å². The molecule has 1 saturated heterocycles. The molecule has 1 rings (SSSR count). The normalized spacial score (nSPS) is 12.3. The van der Waals surface area contributed by atoms with Crippen molar-refractivity contribution in [2.45, 2.75) is 26.9 Å². The summed E-state index contributed by atoms with van der Waals surface area (Å²) in [6.07, 6.45) is 2.12. The van der Waals surface area contributed by atoms with Crippen LogP contribution in [0.3, 0.4) is 0 Å².